The lowest BCUT2D eigenvalue weighted by atomic mass is 10.0. The second kappa shape index (κ2) is 62.1. The summed E-state index contributed by atoms with van der Waals surface area (Å²) in [6.45, 7) is 4.23. The molecule has 0 aliphatic carbocycles. The molecule has 0 radical (unpaired) electrons. The fraction of sp³-hybridized carbons (Fsp3) is 0.896. The van der Waals surface area contributed by atoms with E-state index in [4.69, 9.17) is 0 Å². The van der Waals surface area contributed by atoms with E-state index in [1.807, 2.05) is 6.08 Å². The van der Waals surface area contributed by atoms with E-state index in [2.05, 4.69) is 43.5 Å². The molecular weight excluding hydrogens is 883 g/mol. The maximum absolute atomic E-state index is 12.6. The largest absolute Gasteiger partial charge is 0.394 e. The molecule has 0 aromatic carbocycles. The Balaban J connectivity index is 3.49. The van der Waals surface area contributed by atoms with Gasteiger partial charge in [0.15, 0.2) is 0 Å². The number of aliphatic hydroxyl groups excluding tert-OH is 3. The van der Waals surface area contributed by atoms with E-state index in [9.17, 15) is 20.1 Å². The zero-order chi connectivity index (χ0) is 52.2. The number of nitrogens with one attached hydrogen (secondary N) is 1. The average molecular weight is 1010 g/mol. The summed E-state index contributed by atoms with van der Waals surface area (Å²) in [5.74, 6) is -0.498. The summed E-state index contributed by atoms with van der Waals surface area (Å²) in [6.07, 6.45) is 82.7. The van der Waals surface area contributed by atoms with Crippen LogP contribution in [0, 0.1) is 0 Å². The number of amides is 1. The van der Waals surface area contributed by atoms with Crippen LogP contribution >= 0.6 is 0 Å². The smallest absolute Gasteiger partial charge is 0.249 e. The quantitative estimate of drug-likeness (QED) is 0.0361. The third-order valence-corrected chi connectivity index (χ3v) is 15.5. The van der Waals surface area contributed by atoms with Gasteiger partial charge in [-0.25, -0.2) is 0 Å². The second-order valence-electron chi connectivity index (χ2n) is 22.7. The van der Waals surface area contributed by atoms with Crippen LogP contribution in [0.15, 0.2) is 36.5 Å². The van der Waals surface area contributed by atoms with E-state index in [0.29, 0.717) is 6.42 Å². The van der Waals surface area contributed by atoms with Crippen molar-refractivity contribution in [2.24, 2.45) is 0 Å². The SMILES string of the molecule is CCCCCCCCCCCCCCCCC/C=C\C/C=C\CCCCCCCCCCCCCCCCCCC(O)C(=O)NC(CO)C(O)/C=C/CCCCCCCCCCCCCCCCCCCC. The van der Waals surface area contributed by atoms with Crippen molar-refractivity contribution >= 4 is 5.91 Å². The van der Waals surface area contributed by atoms with Crippen LogP contribution in [0.1, 0.15) is 361 Å². The highest BCUT2D eigenvalue weighted by atomic mass is 16.3. The molecular formula is C67H129NO4. The highest BCUT2D eigenvalue weighted by Gasteiger charge is 2.22. The van der Waals surface area contributed by atoms with E-state index in [0.717, 1.165) is 38.5 Å². The van der Waals surface area contributed by atoms with Gasteiger partial charge in [0.2, 0.25) is 5.91 Å². The van der Waals surface area contributed by atoms with Gasteiger partial charge in [-0.2, -0.15) is 0 Å². The fourth-order valence-corrected chi connectivity index (χ4v) is 10.4. The number of carbonyl (C=O) groups is 1. The van der Waals surface area contributed by atoms with Gasteiger partial charge < -0.3 is 20.6 Å². The lowest BCUT2D eigenvalue weighted by Crippen LogP contribution is -2.48. The van der Waals surface area contributed by atoms with Gasteiger partial charge in [0.25, 0.3) is 0 Å². The summed E-state index contributed by atoms with van der Waals surface area (Å²) in [6, 6.07) is -0.798. The first-order valence-corrected chi connectivity index (χ1v) is 32.8. The van der Waals surface area contributed by atoms with Crippen LogP contribution in [0.3, 0.4) is 0 Å². The number of allylic oxidation sites excluding steroid dienone is 5. The summed E-state index contributed by atoms with van der Waals surface area (Å²) in [5.41, 5.74) is 0. The monoisotopic (exact) mass is 1010 g/mol. The molecule has 1 amide bonds. The van der Waals surface area contributed by atoms with Crippen molar-refractivity contribution in [2.75, 3.05) is 6.61 Å². The Morgan fingerprint density at radius 2 is 0.597 bits per heavy atom. The molecule has 0 aliphatic rings. The Labute approximate surface area is 451 Å². The first-order chi connectivity index (χ1) is 35.6. The molecule has 5 nitrogen and oxygen atoms in total. The van der Waals surface area contributed by atoms with Gasteiger partial charge in [-0.1, -0.05) is 346 Å². The molecule has 3 atom stereocenters. The van der Waals surface area contributed by atoms with Crippen LogP contribution in [0.5, 0.6) is 0 Å². The van der Waals surface area contributed by atoms with Crippen molar-refractivity contribution in [3.05, 3.63) is 36.5 Å². The molecule has 5 heteroatoms. The Kier molecular flexibility index (Phi) is 60.9. The van der Waals surface area contributed by atoms with E-state index in [-0.39, 0.29) is 6.61 Å². The Morgan fingerprint density at radius 3 is 0.875 bits per heavy atom. The topological polar surface area (TPSA) is 89.8 Å². The summed E-state index contributed by atoms with van der Waals surface area (Å²) < 4.78 is 0. The molecule has 426 valence electrons. The van der Waals surface area contributed by atoms with Gasteiger partial charge in [-0.15, -0.1) is 0 Å². The molecule has 0 rings (SSSR count). The molecule has 0 aromatic heterocycles. The van der Waals surface area contributed by atoms with E-state index in [1.165, 1.54) is 302 Å². The predicted octanol–water partition coefficient (Wildman–Crippen LogP) is 21.0. The highest BCUT2D eigenvalue weighted by Crippen LogP contribution is 2.18. The maximum atomic E-state index is 12.6. The normalized spacial score (nSPS) is 13.3. The van der Waals surface area contributed by atoms with Crippen molar-refractivity contribution < 1.29 is 20.1 Å². The van der Waals surface area contributed by atoms with Crippen LogP contribution in [0.4, 0.5) is 0 Å². The molecule has 0 saturated heterocycles. The number of hydrogen-bond acceptors (Lipinski definition) is 4. The molecule has 4 N–H and O–H groups in total. The Bertz CT molecular complexity index is 1120. The first-order valence-electron chi connectivity index (χ1n) is 32.8. The number of aliphatic hydroxyl groups is 3. The second-order valence-corrected chi connectivity index (χ2v) is 22.7. The molecule has 72 heavy (non-hydrogen) atoms. The predicted molar refractivity (Wildman–Crippen MR) is 319 cm³/mol. The molecule has 0 bridgehead atoms. The Morgan fingerprint density at radius 1 is 0.347 bits per heavy atom. The average Bonchev–Trinajstić information content (AvgIpc) is 3.39. The van der Waals surface area contributed by atoms with E-state index >= 15 is 0 Å². The molecule has 0 saturated carbocycles. The zero-order valence-electron chi connectivity index (χ0n) is 48.8. The Hall–Kier alpha value is -1.43. The third kappa shape index (κ3) is 56.3. The number of unbranched alkanes of at least 4 members (excludes halogenated alkanes) is 49. The number of rotatable bonds is 61. The van der Waals surface area contributed by atoms with Gasteiger partial charge in [0, 0.05) is 0 Å². The summed E-state index contributed by atoms with van der Waals surface area (Å²) >= 11 is 0. The van der Waals surface area contributed by atoms with E-state index in [1.54, 1.807) is 6.08 Å². The maximum Gasteiger partial charge on any atom is 0.249 e. The van der Waals surface area contributed by atoms with Crippen molar-refractivity contribution in [1.29, 1.82) is 0 Å². The zero-order valence-corrected chi connectivity index (χ0v) is 48.8. The van der Waals surface area contributed by atoms with Crippen LogP contribution in [0.2, 0.25) is 0 Å². The van der Waals surface area contributed by atoms with Crippen molar-refractivity contribution in [3.8, 4) is 0 Å². The summed E-state index contributed by atoms with van der Waals surface area (Å²) in [7, 11) is 0. The minimum absolute atomic E-state index is 0.361. The standard InChI is InChI=1S/C67H129NO4/c1-3-5-7-9-11-13-15-17-19-21-23-25-26-27-28-29-30-31-32-33-34-35-36-37-38-39-40-41-42-44-46-48-50-52-54-56-58-60-62-66(71)67(72)68-64(63-69)65(70)61-59-57-55-53-51-49-47-45-43-24-22-20-18-16-14-12-10-8-6-4-2/h30-31,33-34,59,61,64-66,69-71H,3-29,32,35-58,60,62-63H2,1-2H3,(H,68,72)/b31-30-,34-33-,61-59+. The van der Waals surface area contributed by atoms with Crippen molar-refractivity contribution in [2.45, 2.75) is 379 Å². The van der Waals surface area contributed by atoms with Crippen molar-refractivity contribution in [3.63, 3.8) is 0 Å². The van der Waals surface area contributed by atoms with Gasteiger partial charge in [-0.05, 0) is 51.4 Å². The molecule has 0 fully saturated rings. The van der Waals surface area contributed by atoms with Gasteiger partial charge in [0.05, 0.1) is 18.8 Å². The highest BCUT2D eigenvalue weighted by molar-refractivity contribution is 5.80. The minimum Gasteiger partial charge on any atom is -0.394 e. The van der Waals surface area contributed by atoms with Crippen LogP contribution in [0.25, 0.3) is 0 Å². The third-order valence-electron chi connectivity index (χ3n) is 15.5. The van der Waals surface area contributed by atoms with Crippen molar-refractivity contribution in [1.82, 2.24) is 5.32 Å². The van der Waals surface area contributed by atoms with Crippen LogP contribution < -0.4 is 5.32 Å². The van der Waals surface area contributed by atoms with Gasteiger partial charge in [-0.3, -0.25) is 4.79 Å². The van der Waals surface area contributed by atoms with Gasteiger partial charge in [0.1, 0.15) is 6.10 Å². The molecule has 0 spiro atoms. The number of carbonyl (C=O) groups excluding carboxylic acids is 1. The van der Waals surface area contributed by atoms with Crippen LogP contribution in [-0.2, 0) is 4.79 Å². The molecule has 0 aromatic rings. The van der Waals surface area contributed by atoms with Crippen LogP contribution in [-0.4, -0.2) is 46.1 Å². The summed E-state index contributed by atoms with van der Waals surface area (Å²) in [5, 5.41) is 33.5. The lowest BCUT2D eigenvalue weighted by Gasteiger charge is -2.21. The first kappa shape index (κ1) is 70.6. The fourth-order valence-electron chi connectivity index (χ4n) is 10.4. The molecule has 0 heterocycles. The number of hydrogen-bond donors (Lipinski definition) is 4. The summed E-state index contributed by atoms with van der Waals surface area (Å²) in [4.78, 5) is 12.6. The molecule has 0 aliphatic heterocycles. The minimum atomic E-state index is -1.10. The van der Waals surface area contributed by atoms with E-state index < -0.39 is 24.2 Å². The lowest BCUT2D eigenvalue weighted by molar-refractivity contribution is -0.131. The van der Waals surface area contributed by atoms with Gasteiger partial charge >= 0.3 is 0 Å². The molecule has 3 unspecified atom stereocenters.